The van der Waals surface area contributed by atoms with Crippen LogP contribution in [0.25, 0.3) is 0 Å². The van der Waals surface area contributed by atoms with Gasteiger partial charge in [0.2, 0.25) is 0 Å². The summed E-state index contributed by atoms with van der Waals surface area (Å²) in [6.07, 6.45) is -0.210. The molecule has 0 aliphatic heterocycles. The first kappa shape index (κ1) is 13.6. The molecule has 0 bridgehead atoms. The number of nitrogens with two attached hydrogens (primary N) is 1. The second-order valence-corrected chi connectivity index (χ2v) is 3.74. The van der Waals surface area contributed by atoms with Crippen molar-refractivity contribution in [2.45, 2.75) is 19.4 Å². The smallest absolute Gasteiger partial charge is 0.144 e. The third-order valence-corrected chi connectivity index (χ3v) is 2.31. The van der Waals surface area contributed by atoms with Crippen molar-refractivity contribution in [2.24, 2.45) is 0 Å². The van der Waals surface area contributed by atoms with E-state index in [0.717, 1.165) is 5.69 Å². The van der Waals surface area contributed by atoms with Crippen molar-refractivity contribution in [3.63, 3.8) is 0 Å². The largest absolute Gasteiger partial charge is 0.492 e. The molecule has 1 atom stereocenters. The highest BCUT2D eigenvalue weighted by atomic mass is 16.5. The van der Waals surface area contributed by atoms with Crippen LogP contribution in [0.2, 0.25) is 0 Å². The molecule has 1 unspecified atom stereocenters. The highest BCUT2D eigenvalue weighted by Crippen LogP contribution is 2.26. The molecular weight excluding hydrogens is 220 g/mol. The fourth-order valence-electron chi connectivity index (χ4n) is 1.42. The molecule has 1 aromatic carbocycles. The van der Waals surface area contributed by atoms with E-state index in [1.807, 2.05) is 13.0 Å². The summed E-state index contributed by atoms with van der Waals surface area (Å²) in [5.74, 6) is 0.700. The highest BCUT2D eigenvalue weighted by molar-refractivity contribution is 5.62. The number of rotatable bonds is 7. The van der Waals surface area contributed by atoms with Crippen LogP contribution < -0.4 is 15.8 Å². The molecule has 0 saturated carbocycles. The molecule has 96 valence electrons. The second-order valence-electron chi connectivity index (χ2n) is 3.74. The Bertz CT molecular complexity index is 345. The van der Waals surface area contributed by atoms with E-state index in [1.54, 1.807) is 12.1 Å². The van der Waals surface area contributed by atoms with E-state index in [0.29, 0.717) is 31.0 Å². The first-order chi connectivity index (χ1) is 8.17. The number of nitrogen functional groups attached to an aromatic ring is 1. The third kappa shape index (κ3) is 4.50. The topological polar surface area (TPSA) is 87.7 Å². The summed E-state index contributed by atoms with van der Waals surface area (Å²) in [5.41, 5.74) is 7.16. The first-order valence-electron chi connectivity index (χ1n) is 5.72. The van der Waals surface area contributed by atoms with Crippen LogP contribution in [0.3, 0.4) is 0 Å². The number of anilines is 2. The van der Waals surface area contributed by atoms with E-state index in [-0.39, 0.29) is 6.61 Å². The molecule has 17 heavy (non-hydrogen) atoms. The zero-order valence-electron chi connectivity index (χ0n) is 10.0. The quantitative estimate of drug-likeness (QED) is 0.530. The predicted octanol–water partition coefficient (Wildman–Crippen LogP) is 0.823. The molecule has 5 heteroatoms. The van der Waals surface area contributed by atoms with Gasteiger partial charge in [-0.25, -0.2) is 0 Å². The van der Waals surface area contributed by atoms with E-state index < -0.39 is 6.10 Å². The fraction of sp³-hybridized carbons (Fsp3) is 0.500. The van der Waals surface area contributed by atoms with Crippen LogP contribution in [0.15, 0.2) is 18.2 Å². The van der Waals surface area contributed by atoms with Crippen molar-refractivity contribution in [2.75, 3.05) is 30.8 Å². The van der Waals surface area contributed by atoms with Gasteiger partial charge in [-0.05, 0) is 25.5 Å². The van der Waals surface area contributed by atoms with Gasteiger partial charge in [0.25, 0.3) is 0 Å². The summed E-state index contributed by atoms with van der Waals surface area (Å²) in [6, 6.07) is 5.38. The predicted molar refractivity (Wildman–Crippen MR) is 68.2 cm³/mol. The van der Waals surface area contributed by atoms with Crippen LogP contribution in [-0.2, 0) is 0 Å². The van der Waals surface area contributed by atoms with Crippen LogP contribution in [-0.4, -0.2) is 36.1 Å². The van der Waals surface area contributed by atoms with Gasteiger partial charge >= 0.3 is 0 Å². The van der Waals surface area contributed by atoms with Gasteiger partial charge in [0, 0.05) is 18.3 Å². The van der Waals surface area contributed by atoms with Gasteiger partial charge in [-0.1, -0.05) is 0 Å². The Morgan fingerprint density at radius 3 is 2.88 bits per heavy atom. The number of aliphatic hydroxyl groups is 2. The molecule has 0 saturated heterocycles. The highest BCUT2D eigenvalue weighted by Gasteiger charge is 2.05. The minimum absolute atomic E-state index is 0.221. The number of aliphatic hydroxyl groups excluding tert-OH is 2. The number of hydrogen-bond donors (Lipinski definition) is 4. The van der Waals surface area contributed by atoms with Gasteiger partial charge < -0.3 is 26.0 Å². The van der Waals surface area contributed by atoms with Crippen molar-refractivity contribution in [1.82, 2.24) is 0 Å². The van der Waals surface area contributed by atoms with E-state index >= 15 is 0 Å². The molecule has 5 nitrogen and oxygen atoms in total. The molecule has 1 rings (SSSR count). The van der Waals surface area contributed by atoms with Crippen LogP contribution >= 0.6 is 0 Å². The van der Waals surface area contributed by atoms with E-state index in [2.05, 4.69) is 5.32 Å². The van der Waals surface area contributed by atoms with Gasteiger partial charge in [-0.15, -0.1) is 0 Å². The Morgan fingerprint density at radius 2 is 2.24 bits per heavy atom. The first-order valence-corrected chi connectivity index (χ1v) is 5.72. The Balaban J connectivity index is 2.57. The normalized spacial score (nSPS) is 12.2. The van der Waals surface area contributed by atoms with Crippen LogP contribution in [0, 0.1) is 0 Å². The zero-order chi connectivity index (χ0) is 12.7. The van der Waals surface area contributed by atoms with Crippen molar-refractivity contribution in [3.8, 4) is 5.75 Å². The summed E-state index contributed by atoms with van der Waals surface area (Å²) < 4.78 is 5.45. The Labute approximate surface area is 101 Å². The van der Waals surface area contributed by atoms with Crippen molar-refractivity contribution >= 4 is 11.4 Å². The van der Waals surface area contributed by atoms with E-state index in [9.17, 15) is 5.11 Å². The standard InChI is InChI=1S/C12H20N2O3/c1-2-17-12-7-9(13)3-4-11(12)14-6-5-10(16)8-15/h3-4,7,10,14-16H,2,5-6,8,13H2,1H3. The third-order valence-electron chi connectivity index (χ3n) is 2.31. The number of ether oxygens (including phenoxy) is 1. The monoisotopic (exact) mass is 240 g/mol. The molecular formula is C12H20N2O3. The summed E-state index contributed by atoms with van der Waals surface area (Å²) >= 11 is 0. The molecule has 0 fully saturated rings. The Kier molecular flexibility index (Phi) is 5.59. The molecule has 0 aromatic heterocycles. The van der Waals surface area contributed by atoms with Gasteiger partial charge in [0.1, 0.15) is 5.75 Å². The molecule has 0 amide bonds. The molecule has 5 N–H and O–H groups in total. The van der Waals surface area contributed by atoms with Crippen LogP contribution in [0.5, 0.6) is 5.75 Å². The number of hydrogen-bond acceptors (Lipinski definition) is 5. The molecule has 0 spiro atoms. The lowest BCUT2D eigenvalue weighted by Gasteiger charge is -2.14. The summed E-state index contributed by atoms with van der Waals surface area (Å²) in [6.45, 7) is 2.81. The summed E-state index contributed by atoms with van der Waals surface area (Å²) in [5, 5.41) is 21.0. The lowest BCUT2D eigenvalue weighted by Crippen LogP contribution is -2.17. The zero-order valence-corrected chi connectivity index (χ0v) is 10.0. The average molecular weight is 240 g/mol. The van der Waals surface area contributed by atoms with E-state index in [1.165, 1.54) is 0 Å². The summed E-state index contributed by atoms with van der Waals surface area (Å²) in [7, 11) is 0. The maximum atomic E-state index is 9.21. The van der Waals surface area contributed by atoms with Gasteiger partial charge in [0.05, 0.1) is 25.0 Å². The van der Waals surface area contributed by atoms with Gasteiger partial charge in [-0.2, -0.15) is 0 Å². The SMILES string of the molecule is CCOc1cc(N)ccc1NCCC(O)CO. The molecule has 0 aliphatic carbocycles. The van der Waals surface area contributed by atoms with Crippen LogP contribution in [0.4, 0.5) is 11.4 Å². The van der Waals surface area contributed by atoms with E-state index in [4.69, 9.17) is 15.6 Å². The fourth-order valence-corrected chi connectivity index (χ4v) is 1.42. The van der Waals surface area contributed by atoms with Crippen molar-refractivity contribution in [1.29, 1.82) is 0 Å². The minimum Gasteiger partial charge on any atom is -0.492 e. The Morgan fingerprint density at radius 1 is 1.47 bits per heavy atom. The van der Waals surface area contributed by atoms with Crippen molar-refractivity contribution < 1.29 is 14.9 Å². The Hall–Kier alpha value is -1.46. The van der Waals surface area contributed by atoms with Crippen LogP contribution in [0.1, 0.15) is 13.3 Å². The maximum Gasteiger partial charge on any atom is 0.144 e. The molecule has 0 heterocycles. The molecule has 1 aromatic rings. The molecule has 0 aliphatic rings. The summed E-state index contributed by atoms with van der Waals surface area (Å²) in [4.78, 5) is 0. The second kappa shape index (κ2) is 6.98. The average Bonchev–Trinajstić information content (AvgIpc) is 2.32. The lowest BCUT2D eigenvalue weighted by molar-refractivity contribution is 0.0911. The number of nitrogens with one attached hydrogen (secondary N) is 1. The minimum atomic E-state index is -0.688. The maximum absolute atomic E-state index is 9.21. The van der Waals surface area contributed by atoms with Gasteiger partial charge in [0.15, 0.2) is 0 Å². The van der Waals surface area contributed by atoms with Crippen molar-refractivity contribution in [3.05, 3.63) is 18.2 Å². The van der Waals surface area contributed by atoms with Gasteiger partial charge in [-0.3, -0.25) is 0 Å². The number of benzene rings is 1. The lowest BCUT2D eigenvalue weighted by atomic mass is 10.2. The molecule has 0 radical (unpaired) electrons.